The summed E-state index contributed by atoms with van der Waals surface area (Å²) in [5.74, 6) is 0.193. The van der Waals surface area contributed by atoms with Crippen molar-refractivity contribution in [2.75, 3.05) is 18.4 Å². The first-order valence-corrected chi connectivity index (χ1v) is 11.0. The standard InChI is InChI=1S/C19H17Cl2N3O3S/c20-13-9-14(21)11-15(10-13)22-19(25)12-5-7-24(8-6-12)18-16-3-1-2-4-17(16)28(26,27)23-18/h1-4,9-12H,5-8H2,(H,22,25). The number of amides is 1. The monoisotopic (exact) mass is 437 g/mol. The third-order valence-electron chi connectivity index (χ3n) is 4.91. The van der Waals surface area contributed by atoms with Crippen LogP contribution in [0.5, 0.6) is 0 Å². The largest absolute Gasteiger partial charge is 0.355 e. The first-order chi connectivity index (χ1) is 13.3. The molecule has 2 heterocycles. The molecular weight excluding hydrogens is 421 g/mol. The van der Waals surface area contributed by atoms with E-state index in [1.165, 1.54) is 0 Å². The van der Waals surface area contributed by atoms with Crippen molar-refractivity contribution in [3.63, 3.8) is 0 Å². The smallest absolute Gasteiger partial charge is 0.285 e. The highest BCUT2D eigenvalue weighted by atomic mass is 35.5. The molecule has 2 aromatic rings. The average molecular weight is 438 g/mol. The van der Waals surface area contributed by atoms with E-state index in [2.05, 4.69) is 9.71 Å². The van der Waals surface area contributed by atoms with E-state index in [9.17, 15) is 13.2 Å². The van der Waals surface area contributed by atoms with Gasteiger partial charge >= 0.3 is 0 Å². The highest BCUT2D eigenvalue weighted by molar-refractivity contribution is 7.90. The van der Waals surface area contributed by atoms with Crippen molar-refractivity contribution in [2.24, 2.45) is 10.3 Å². The van der Waals surface area contributed by atoms with Gasteiger partial charge in [0.1, 0.15) is 4.90 Å². The number of sulfonamides is 1. The van der Waals surface area contributed by atoms with Crippen LogP contribution in [-0.2, 0) is 14.8 Å². The maximum Gasteiger partial charge on any atom is 0.285 e. The molecule has 0 bridgehead atoms. The van der Waals surface area contributed by atoms with E-state index in [4.69, 9.17) is 23.2 Å². The van der Waals surface area contributed by atoms with Crippen molar-refractivity contribution in [3.8, 4) is 0 Å². The summed E-state index contributed by atoms with van der Waals surface area (Å²) in [7, 11) is -3.64. The summed E-state index contributed by atoms with van der Waals surface area (Å²) >= 11 is 11.9. The first kappa shape index (κ1) is 19.2. The quantitative estimate of drug-likeness (QED) is 0.774. The Balaban J connectivity index is 1.43. The van der Waals surface area contributed by atoms with Gasteiger partial charge in [0.25, 0.3) is 10.0 Å². The average Bonchev–Trinajstić information content (AvgIpc) is 2.93. The topological polar surface area (TPSA) is 78.8 Å². The minimum absolute atomic E-state index is 0.0978. The highest BCUT2D eigenvalue weighted by Crippen LogP contribution is 2.30. The van der Waals surface area contributed by atoms with Crippen LogP contribution in [0.2, 0.25) is 10.0 Å². The number of halogens is 2. The molecule has 2 aliphatic rings. The molecule has 0 spiro atoms. The molecular formula is C19H17Cl2N3O3S. The van der Waals surface area contributed by atoms with Gasteiger partial charge in [-0.25, -0.2) is 0 Å². The Morgan fingerprint density at radius 3 is 2.39 bits per heavy atom. The number of nitrogens with zero attached hydrogens (tertiary/aromatic N) is 2. The number of hydrogen-bond acceptors (Lipinski definition) is 4. The third kappa shape index (κ3) is 3.74. The molecule has 4 rings (SSSR count). The highest BCUT2D eigenvalue weighted by Gasteiger charge is 2.34. The SMILES string of the molecule is O=C(Nc1cc(Cl)cc(Cl)c1)C1CCN(C2=NS(=O)(=O)c3ccccc32)CC1. The lowest BCUT2D eigenvalue weighted by Crippen LogP contribution is -2.41. The van der Waals surface area contributed by atoms with E-state index in [0.717, 1.165) is 0 Å². The Hall–Kier alpha value is -2.09. The molecule has 1 N–H and O–H groups in total. The van der Waals surface area contributed by atoms with Crippen LogP contribution >= 0.6 is 23.2 Å². The van der Waals surface area contributed by atoms with Crippen LogP contribution in [0.25, 0.3) is 0 Å². The third-order valence-corrected chi connectivity index (χ3v) is 6.67. The Labute approximate surface area is 173 Å². The number of anilines is 1. The predicted octanol–water partition coefficient (Wildman–Crippen LogP) is 3.79. The minimum Gasteiger partial charge on any atom is -0.355 e. The summed E-state index contributed by atoms with van der Waals surface area (Å²) in [6.07, 6.45) is 1.20. The molecule has 6 nitrogen and oxygen atoms in total. The van der Waals surface area contributed by atoms with Crippen LogP contribution in [0.1, 0.15) is 18.4 Å². The lowest BCUT2D eigenvalue weighted by molar-refractivity contribution is -0.120. The summed E-state index contributed by atoms with van der Waals surface area (Å²) in [6.45, 7) is 1.11. The predicted molar refractivity (Wildman–Crippen MR) is 110 cm³/mol. The fraction of sp³-hybridized carbons (Fsp3) is 0.263. The van der Waals surface area contributed by atoms with E-state index >= 15 is 0 Å². The molecule has 2 aliphatic heterocycles. The number of fused-ring (bicyclic) bond motifs is 1. The second-order valence-corrected chi connectivity index (χ2v) is 9.24. The van der Waals surface area contributed by atoms with Crippen molar-refractivity contribution in [1.82, 2.24) is 4.90 Å². The van der Waals surface area contributed by atoms with Gasteiger partial charge in [-0.15, -0.1) is 4.40 Å². The van der Waals surface area contributed by atoms with Crippen LogP contribution in [-0.4, -0.2) is 38.2 Å². The Morgan fingerprint density at radius 2 is 1.71 bits per heavy atom. The summed E-state index contributed by atoms with van der Waals surface area (Å²) in [6, 6.07) is 11.7. The van der Waals surface area contributed by atoms with Gasteiger partial charge in [0.05, 0.1) is 0 Å². The van der Waals surface area contributed by atoms with Crippen molar-refractivity contribution < 1.29 is 13.2 Å². The number of likely N-dealkylation sites (tertiary alicyclic amines) is 1. The Bertz CT molecular complexity index is 1060. The molecule has 146 valence electrons. The van der Waals surface area contributed by atoms with Crippen molar-refractivity contribution in [2.45, 2.75) is 17.7 Å². The molecule has 28 heavy (non-hydrogen) atoms. The van der Waals surface area contributed by atoms with E-state index < -0.39 is 10.0 Å². The zero-order valence-electron chi connectivity index (χ0n) is 14.7. The summed E-state index contributed by atoms with van der Waals surface area (Å²) < 4.78 is 28.4. The zero-order valence-corrected chi connectivity index (χ0v) is 17.1. The number of rotatable bonds is 2. The molecule has 0 atom stereocenters. The molecule has 0 saturated carbocycles. The number of benzene rings is 2. The van der Waals surface area contributed by atoms with Gasteiger partial charge in [0.2, 0.25) is 5.91 Å². The van der Waals surface area contributed by atoms with Crippen molar-refractivity contribution in [3.05, 3.63) is 58.1 Å². The van der Waals surface area contributed by atoms with Crippen LogP contribution in [0.15, 0.2) is 51.8 Å². The summed E-state index contributed by atoms with van der Waals surface area (Å²) in [5, 5.41) is 3.76. The lowest BCUT2D eigenvalue weighted by Gasteiger charge is -2.32. The van der Waals surface area contributed by atoms with Crippen LogP contribution < -0.4 is 5.32 Å². The number of piperidine rings is 1. The fourth-order valence-corrected chi connectivity index (χ4v) is 5.29. The number of amidine groups is 1. The number of carbonyl (C=O) groups excluding carboxylic acids is 1. The Morgan fingerprint density at radius 1 is 1.07 bits per heavy atom. The molecule has 1 saturated heterocycles. The van der Waals surface area contributed by atoms with Crippen LogP contribution in [0, 0.1) is 5.92 Å². The maximum atomic E-state index is 12.6. The first-order valence-electron chi connectivity index (χ1n) is 8.80. The minimum atomic E-state index is -3.64. The van der Waals surface area contributed by atoms with Gasteiger partial charge in [-0.2, -0.15) is 8.42 Å². The van der Waals surface area contributed by atoms with Gasteiger partial charge < -0.3 is 10.2 Å². The maximum absolute atomic E-state index is 12.6. The van der Waals surface area contributed by atoms with E-state index in [-0.39, 0.29) is 16.7 Å². The van der Waals surface area contributed by atoms with Crippen LogP contribution in [0.4, 0.5) is 5.69 Å². The number of carbonyl (C=O) groups is 1. The number of nitrogens with one attached hydrogen (secondary N) is 1. The molecule has 0 radical (unpaired) electrons. The molecule has 1 amide bonds. The molecule has 1 fully saturated rings. The van der Waals surface area contributed by atoms with Crippen molar-refractivity contribution in [1.29, 1.82) is 0 Å². The van der Waals surface area contributed by atoms with Crippen LogP contribution in [0.3, 0.4) is 0 Å². The van der Waals surface area contributed by atoms with Gasteiger partial charge in [-0.05, 0) is 43.2 Å². The van der Waals surface area contributed by atoms with Gasteiger partial charge in [-0.1, -0.05) is 35.3 Å². The fourth-order valence-electron chi connectivity index (χ4n) is 3.54. The Kier molecular flexibility index (Phi) is 5.07. The second kappa shape index (κ2) is 7.39. The molecule has 0 unspecified atom stereocenters. The molecule has 9 heteroatoms. The zero-order chi connectivity index (χ0) is 19.9. The normalized spacial score (nSPS) is 18.5. The van der Waals surface area contributed by atoms with E-state index in [1.54, 1.807) is 42.5 Å². The molecule has 0 aromatic heterocycles. The summed E-state index contributed by atoms with van der Waals surface area (Å²) in [5.41, 5.74) is 1.18. The van der Waals surface area contributed by atoms with E-state index in [1.807, 2.05) is 4.90 Å². The number of hydrogen-bond donors (Lipinski definition) is 1. The lowest BCUT2D eigenvalue weighted by atomic mass is 9.95. The van der Waals surface area contributed by atoms with Crippen molar-refractivity contribution >= 4 is 50.7 Å². The van der Waals surface area contributed by atoms with E-state index in [0.29, 0.717) is 53.1 Å². The van der Waals surface area contributed by atoms with Gasteiger partial charge in [0, 0.05) is 40.3 Å². The summed E-state index contributed by atoms with van der Waals surface area (Å²) in [4.78, 5) is 14.8. The van der Waals surface area contributed by atoms with Gasteiger partial charge in [0.15, 0.2) is 5.84 Å². The van der Waals surface area contributed by atoms with Gasteiger partial charge in [-0.3, -0.25) is 4.79 Å². The second-order valence-electron chi connectivity index (χ2n) is 6.79. The molecule has 2 aromatic carbocycles. The molecule has 0 aliphatic carbocycles.